The second-order valence-electron chi connectivity index (χ2n) is 4.52. The van der Waals surface area contributed by atoms with Gasteiger partial charge in [0.1, 0.15) is 0 Å². The van der Waals surface area contributed by atoms with Crippen LogP contribution in [0.2, 0.25) is 0 Å². The Morgan fingerprint density at radius 2 is 1.89 bits per heavy atom. The fourth-order valence-electron chi connectivity index (χ4n) is 2.36. The number of benzene rings is 1. The van der Waals surface area contributed by atoms with E-state index in [4.69, 9.17) is 9.47 Å². The Labute approximate surface area is 114 Å². The highest BCUT2D eigenvalue weighted by Gasteiger charge is 2.27. The van der Waals surface area contributed by atoms with Gasteiger partial charge in [-0.2, -0.15) is 0 Å². The summed E-state index contributed by atoms with van der Waals surface area (Å²) in [6.07, 6.45) is 1.61. The summed E-state index contributed by atoms with van der Waals surface area (Å²) in [5, 5.41) is 0. The number of hydrogen-bond donors (Lipinski definition) is 1. The number of hydrogen-bond acceptors (Lipinski definition) is 4. The van der Waals surface area contributed by atoms with Gasteiger partial charge in [0.25, 0.3) is 0 Å². The van der Waals surface area contributed by atoms with E-state index in [1.807, 2.05) is 12.1 Å². The van der Waals surface area contributed by atoms with Crippen molar-refractivity contribution in [3.05, 3.63) is 23.3 Å². The molecule has 0 bridgehead atoms. The van der Waals surface area contributed by atoms with Gasteiger partial charge >= 0.3 is 0 Å². The van der Waals surface area contributed by atoms with Crippen LogP contribution in [0, 0.1) is 0 Å². The number of nitrogens with one attached hydrogen (secondary N) is 1. The van der Waals surface area contributed by atoms with E-state index < -0.39 is 10.0 Å². The summed E-state index contributed by atoms with van der Waals surface area (Å²) in [5.41, 5.74) is 2.09. The molecule has 0 amide bonds. The molecule has 0 heterocycles. The second kappa shape index (κ2) is 5.38. The Hall–Kier alpha value is -1.27. The first-order chi connectivity index (χ1) is 9.00. The van der Waals surface area contributed by atoms with E-state index in [1.165, 1.54) is 0 Å². The molecule has 0 saturated carbocycles. The lowest BCUT2D eigenvalue weighted by atomic mass is 10.1. The van der Waals surface area contributed by atoms with Gasteiger partial charge < -0.3 is 9.47 Å². The Morgan fingerprint density at radius 3 is 2.47 bits per heavy atom. The zero-order valence-corrected chi connectivity index (χ0v) is 12.2. The molecule has 0 fully saturated rings. The molecule has 1 N–H and O–H groups in total. The molecule has 6 heteroatoms. The van der Waals surface area contributed by atoms with E-state index in [2.05, 4.69) is 4.72 Å². The summed E-state index contributed by atoms with van der Waals surface area (Å²) >= 11 is 0. The smallest absolute Gasteiger partial charge is 0.211 e. The van der Waals surface area contributed by atoms with Crippen LogP contribution in [0.5, 0.6) is 11.5 Å². The first-order valence-electron chi connectivity index (χ1n) is 6.25. The van der Waals surface area contributed by atoms with Gasteiger partial charge in [0.2, 0.25) is 10.0 Å². The third-order valence-electron chi connectivity index (χ3n) is 3.43. The molecule has 0 saturated heterocycles. The Morgan fingerprint density at radius 1 is 1.26 bits per heavy atom. The molecular formula is C13H19NO4S. The number of sulfonamides is 1. The van der Waals surface area contributed by atoms with Crippen LogP contribution in [0.4, 0.5) is 0 Å². The van der Waals surface area contributed by atoms with E-state index in [1.54, 1.807) is 21.1 Å². The van der Waals surface area contributed by atoms with Crippen LogP contribution in [0.1, 0.15) is 30.5 Å². The van der Waals surface area contributed by atoms with Crippen LogP contribution in [-0.4, -0.2) is 28.4 Å². The van der Waals surface area contributed by atoms with Crippen LogP contribution in [-0.2, 0) is 16.4 Å². The highest BCUT2D eigenvalue weighted by Crippen LogP contribution is 2.39. The first-order valence-corrected chi connectivity index (χ1v) is 7.90. The van der Waals surface area contributed by atoms with Gasteiger partial charge in [0.15, 0.2) is 11.5 Å². The monoisotopic (exact) mass is 285 g/mol. The molecule has 1 aromatic rings. The lowest BCUT2D eigenvalue weighted by Crippen LogP contribution is -2.28. The Kier molecular flexibility index (Phi) is 4.01. The van der Waals surface area contributed by atoms with Crippen molar-refractivity contribution < 1.29 is 17.9 Å². The third kappa shape index (κ3) is 2.84. The van der Waals surface area contributed by atoms with Crippen molar-refractivity contribution in [2.24, 2.45) is 0 Å². The van der Waals surface area contributed by atoms with Gasteiger partial charge in [-0.3, -0.25) is 0 Å². The van der Waals surface area contributed by atoms with Crippen molar-refractivity contribution in [2.75, 3.05) is 20.0 Å². The van der Waals surface area contributed by atoms with Gasteiger partial charge in [-0.05, 0) is 43.0 Å². The maximum atomic E-state index is 11.7. The molecule has 1 atom stereocenters. The Bertz CT molecular complexity index is 568. The van der Waals surface area contributed by atoms with Gasteiger partial charge in [-0.25, -0.2) is 13.1 Å². The van der Waals surface area contributed by atoms with Gasteiger partial charge in [-0.1, -0.05) is 0 Å². The molecule has 1 aromatic carbocycles. The van der Waals surface area contributed by atoms with Crippen molar-refractivity contribution in [1.82, 2.24) is 4.72 Å². The molecule has 0 aliphatic heterocycles. The average molecular weight is 285 g/mol. The van der Waals surface area contributed by atoms with Crippen LogP contribution in [0.25, 0.3) is 0 Å². The van der Waals surface area contributed by atoms with Gasteiger partial charge in [-0.15, -0.1) is 0 Å². The lowest BCUT2D eigenvalue weighted by molar-refractivity contribution is 0.354. The zero-order chi connectivity index (χ0) is 14.0. The normalized spacial score (nSPS) is 18.2. The molecule has 1 unspecified atom stereocenters. The summed E-state index contributed by atoms with van der Waals surface area (Å²) in [7, 11) is -0.0354. The predicted molar refractivity (Wildman–Crippen MR) is 73.2 cm³/mol. The van der Waals surface area contributed by atoms with Crippen molar-refractivity contribution in [3.8, 4) is 11.5 Å². The molecule has 106 valence electrons. The number of aryl methyl sites for hydroxylation is 1. The molecule has 0 radical (unpaired) electrons. The predicted octanol–water partition coefficient (Wildman–Crippen LogP) is 1.63. The molecule has 5 nitrogen and oxygen atoms in total. The third-order valence-corrected chi connectivity index (χ3v) is 4.83. The molecular weight excluding hydrogens is 266 g/mol. The van der Waals surface area contributed by atoms with Gasteiger partial charge in [0, 0.05) is 6.04 Å². The first kappa shape index (κ1) is 14.1. The van der Waals surface area contributed by atoms with Crippen LogP contribution in [0.15, 0.2) is 12.1 Å². The zero-order valence-electron chi connectivity index (χ0n) is 11.4. The minimum atomic E-state index is -3.20. The number of rotatable bonds is 5. The van der Waals surface area contributed by atoms with E-state index in [-0.39, 0.29) is 11.8 Å². The number of ether oxygens (including phenoxy) is 2. The average Bonchev–Trinajstić information content (AvgIpc) is 2.78. The molecule has 2 rings (SSSR count). The number of fused-ring (bicyclic) bond motifs is 1. The molecule has 19 heavy (non-hydrogen) atoms. The van der Waals surface area contributed by atoms with E-state index in [9.17, 15) is 8.42 Å². The molecule has 1 aliphatic carbocycles. The largest absolute Gasteiger partial charge is 0.493 e. The number of methoxy groups -OCH3 is 2. The topological polar surface area (TPSA) is 64.6 Å². The summed E-state index contributed by atoms with van der Waals surface area (Å²) in [5.74, 6) is 1.40. The minimum absolute atomic E-state index is 0.0894. The standard InChI is InChI=1S/C13H19NO4S/c1-4-19(15,16)14-11-6-5-9-7-12(17-2)13(18-3)8-10(9)11/h7-8,11,14H,4-6H2,1-3H3. The maximum Gasteiger partial charge on any atom is 0.211 e. The fourth-order valence-corrected chi connectivity index (χ4v) is 3.20. The summed E-state index contributed by atoms with van der Waals surface area (Å²) < 4.78 is 36.6. The van der Waals surface area contributed by atoms with Crippen molar-refractivity contribution >= 4 is 10.0 Å². The lowest BCUT2D eigenvalue weighted by Gasteiger charge is -2.15. The highest BCUT2D eigenvalue weighted by atomic mass is 32.2. The highest BCUT2D eigenvalue weighted by molar-refractivity contribution is 7.89. The van der Waals surface area contributed by atoms with Gasteiger partial charge in [0.05, 0.1) is 20.0 Å². The summed E-state index contributed by atoms with van der Waals surface area (Å²) in [6.45, 7) is 1.63. The maximum absolute atomic E-state index is 11.7. The quantitative estimate of drug-likeness (QED) is 0.893. The second-order valence-corrected chi connectivity index (χ2v) is 6.56. The summed E-state index contributed by atoms with van der Waals surface area (Å²) in [6, 6.07) is 3.62. The molecule has 1 aliphatic rings. The van der Waals surface area contributed by atoms with E-state index >= 15 is 0 Å². The van der Waals surface area contributed by atoms with Crippen molar-refractivity contribution in [2.45, 2.75) is 25.8 Å². The van der Waals surface area contributed by atoms with Crippen LogP contribution < -0.4 is 14.2 Å². The minimum Gasteiger partial charge on any atom is -0.493 e. The SMILES string of the molecule is CCS(=O)(=O)NC1CCc2cc(OC)c(OC)cc21. The van der Waals surface area contributed by atoms with Crippen LogP contribution in [0.3, 0.4) is 0 Å². The van der Waals surface area contributed by atoms with E-state index in [0.717, 1.165) is 24.0 Å². The van der Waals surface area contributed by atoms with Crippen LogP contribution >= 0.6 is 0 Å². The fraction of sp³-hybridized carbons (Fsp3) is 0.538. The van der Waals surface area contributed by atoms with Crippen molar-refractivity contribution in [1.29, 1.82) is 0 Å². The molecule has 0 spiro atoms. The Balaban J connectivity index is 2.34. The summed E-state index contributed by atoms with van der Waals surface area (Å²) in [4.78, 5) is 0. The molecule has 0 aromatic heterocycles. The van der Waals surface area contributed by atoms with E-state index in [0.29, 0.717) is 11.5 Å². The van der Waals surface area contributed by atoms with Crippen molar-refractivity contribution in [3.63, 3.8) is 0 Å².